The monoisotopic (exact) mass is 354 g/mol. The Balaban J connectivity index is 0.00000121. The van der Waals surface area contributed by atoms with Gasteiger partial charge in [-0.1, -0.05) is 12.1 Å². The Kier molecular flexibility index (Phi) is 3.65. The zero-order valence-electron chi connectivity index (χ0n) is 11.0. The van der Waals surface area contributed by atoms with Crippen LogP contribution in [0.2, 0.25) is 0 Å². The smallest absolute Gasteiger partial charge is 0.0914 e. The molecule has 0 saturated heterocycles. The number of hydrogen-bond acceptors (Lipinski definition) is 2. The molecule has 1 aromatic heterocycles. The van der Waals surface area contributed by atoms with Crippen LogP contribution in [0.1, 0.15) is 24.1 Å². The molecular weight excluding hydrogens is 340 g/mol. The van der Waals surface area contributed by atoms with Crippen molar-refractivity contribution < 1.29 is 5.11 Å². The van der Waals surface area contributed by atoms with E-state index in [1.807, 2.05) is 0 Å². The number of hydrogen-bond donors (Lipinski definition) is 1. The highest BCUT2D eigenvalue weighted by molar-refractivity contribution is 9.10. The second-order valence-corrected chi connectivity index (χ2v) is 6.22. The number of halogens is 2. The van der Waals surface area contributed by atoms with Gasteiger partial charge in [0.05, 0.1) is 36.1 Å². The predicted molar refractivity (Wildman–Crippen MR) is 87.2 cm³/mol. The van der Waals surface area contributed by atoms with E-state index in [4.69, 9.17) is 0 Å². The molecule has 0 spiro atoms. The number of benzene rings is 1. The maximum atomic E-state index is 10.1. The van der Waals surface area contributed by atoms with Gasteiger partial charge in [0, 0.05) is 9.86 Å². The Morgan fingerprint density at radius 1 is 1.30 bits per heavy atom. The third kappa shape index (κ3) is 1.93. The van der Waals surface area contributed by atoms with Gasteiger partial charge < -0.3 is 9.67 Å². The molecule has 3 nitrogen and oxygen atoms in total. The molecular formula is C15H16BrClN2O. The van der Waals surface area contributed by atoms with E-state index in [9.17, 15) is 5.11 Å². The lowest BCUT2D eigenvalue weighted by molar-refractivity contribution is 0.166. The molecule has 1 aliphatic heterocycles. The van der Waals surface area contributed by atoms with Crippen LogP contribution >= 0.6 is 28.3 Å². The number of para-hydroxylation sites is 1. The first-order chi connectivity index (χ1) is 9.25. The number of aliphatic imine (C=N–C) groups is 1. The fourth-order valence-corrected chi connectivity index (χ4v) is 3.97. The van der Waals surface area contributed by atoms with Crippen LogP contribution in [0.25, 0.3) is 10.9 Å². The summed E-state index contributed by atoms with van der Waals surface area (Å²) in [7, 11) is 0. The Hall–Kier alpha value is -0.840. The van der Waals surface area contributed by atoms with E-state index in [1.54, 1.807) is 0 Å². The van der Waals surface area contributed by atoms with Crippen molar-refractivity contribution in [1.82, 2.24) is 4.57 Å². The lowest BCUT2D eigenvalue weighted by Crippen LogP contribution is -2.19. The molecule has 0 saturated carbocycles. The molecule has 1 aromatic carbocycles. The molecule has 1 atom stereocenters. The lowest BCUT2D eigenvalue weighted by Gasteiger charge is -2.16. The molecule has 1 unspecified atom stereocenters. The van der Waals surface area contributed by atoms with Gasteiger partial charge >= 0.3 is 0 Å². The molecule has 0 amide bonds. The third-order valence-electron chi connectivity index (χ3n) is 4.14. The highest BCUT2D eigenvalue weighted by Gasteiger charge is 2.28. The van der Waals surface area contributed by atoms with Gasteiger partial charge in [-0.15, -0.1) is 12.4 Å². The lowest BCUT2D eigenvalue weighted by atomic mass is 9.94. The van der Waals surface area contributed by atoms with Crippen LogP contribution in [0.5, 0.6) is 0 Å². The molecule has 2 heterocycles. The van der Waals surface area contributed by atoms with Gasteiger partial charge in [0.1, 0.15) is 0 Å². The number of aliphatic hydroxyl groups is 1. The van der Waals surface area contributed by atoms with Crippen molar-refractivity contribution in [2.24, 2.45) is 4.99 Å². The number of aryl methyl sites for hydroxylation is 1. The molecule has 1 N–H and O–H groups in total. The molecule has 20 heavy (non-hydrogen) atoms. The summed E-state index contributed by atoms with van der Waals surface area (Å²) in [6.07, 6.45) is 2.93. The first-order valence-electron chi connectivity index (χ1n) is 6.77. The minimum atomic E-state index is -0.384. The van der Waals surface area contributed by atoms with Crippen LogP contribution in [-0.4, -0.2) is 28.0 Å². The summed E-state index contributed by atoms with van der Waals surface area (Å²) < 4.78 is 3.37. The van der Waals surface area contributed by atoms with E-state index in [2.05, 4.69) is 43.7 Å². The zero-order chi connectivity index (χ0) is 13.0. The van der Waals surface area contributed by atoms with Gasteiger partial charge in [-0.05, 0) is 46.8 Å². The summed E-state index contributed by atoms with van der Waals surface area (Å²) in [6, 6.07) is 6.35. The number of nitrogens with zero attached hydrogens (tertiary/aromatic N) is 2. The van der Waals surface area contributed by atoms with Crippen molar-refractivity contribution in [2.45, 2.75) is 31.9 Å². The summed E-state index contributed by atoms with van der Waals surface area (Å²) in [5.74, 6) is 0. The van der Waals surface area contributed by atoms with Crippen LogP contribution in [0.4, 0.5) is 0 Å². The van der Waals surface area contributed by atoms with Gasteiger partial charge in [0.15, 0.2) is 0 Å². The van der Waals surface area contributed by atoms with Crippen molar-refractivity contribution in [2.75, 3.05) is 6.54 Å². The van der Waals surface area contributed by atoms with E-state index in [-0.39, 0.29) is 18.5 Å². The second kappa shape index (κ2) is 5.17. The molecule has 2 aromatic rings. The quantitative estimate of drug-likeness (QED) is 0.773. The fourth-order valence-electron chi connectivity index (χ4n) is 3.39. The Morgan fingerprint density at radius 3 is 3.00 bits per heavy atom. The number of fused-ring (bicyclic) bond motifs is 3. The minimum Gasteiger partial charge on any atom is -0.389 e. The molecule has 5 heteroatoms. The predicted octanol–water partition coefficient (Wildman–Crippen LogP) is 3.33. The van der Waals surface area contributed by atoms with Crippen molar-refractivity contribution in [3.63, 3.8) is 0 Å². The Morgan fingerprint density at radius 2 is 2.15 bits per heavy atom. The highest BCUT2D eigenvalue weighted by atomic mass is 79.9. The molecule has 106 valence electrons. The first-order valence-corrected chi connectivity index (χ1v) is 7.56. The normalized spacial score (nSPS) is 20.9. The third-order valence-corrected chi connectivity index (χ3v) is 4.78. The summed E-state index contributed by atoms with van der Waals surface area (Å²) >= 11 is 3.66. The zero-order valence-corrected chi connectivity index (χ0v) is 13.4. The van der Waals surface area contributed by atoms with Gasteiger partial charge in [-0.25, -0.2) is 0 Å². The molecule has 0 bridgehead atoms. The number of aromatic nitrogens is 1. The molecule has 0 fully saturated rings. The second-order valence-electron chi connectivity index (χ2n) is 5.37. The SMILES string of the molecule is Cl.OC1CN=C2CCCc3c2n(c2c(Br)cccc32)C1. The van der Waals surface area contributed by atoms with E-state index < -0.39 is 0 Å². The fraction of sp³-hybridized carbons (Fsp3) is 0.400. The van der Waals surface area contributed by atoms with Gasteiger partial charge in [0.2, 0.25) is 0 Å². The average molecular weight is 356 g/mol. The van der Waals surface area contributed by atoms with E-state index >= 15 is 0 Å². The molecule has 0 radical (unpaired) electrons. The van der Waals surface area contributed by atoms with Crippen LogP contribution in [0, 0.1) is 0 Å². The van der Waals surface area contributed by atoms with Crippen molar-refractivity contribution >= 4 is 45.0 Å². The molecule has 4 rings (SSSR count). The maximum Gasteiger partial charge on any atom is 0.0914 e. The minimum absolute atomic E-state index is 0. The standard InChI is InChI=1S/C15H15BrN2O.ClH/c16-12-5-1-3-10-11-4-2-6-13-15(11)18(14(10)12)8-9(19)7-17-13;/h1,3,5,9,19H,2,4,6-8H2;1H. The van der Waals surface area contributed by atoms with Crippen molar-refractivity contribution in [3.8, 4) is 0 Å². The first kappa shape index (κ1) is 14.1. The van der Waals surface area contributed by atoms with Crippen LogP contribution in [-0.2, 0) is 13.0 Å². The molecule has 1 aliphatic carbocycles. The molecule has 2 aliphatic rings. The largest absolute Gasteiger partial charge is 0.389 e. The van der Waals surface area contributed by atoms with Gasteiger partial charge in [-0.2, -0.15) is 0 Å². The topological polar surface area (TPSA) is 37.5 Å². The summed E-state index contributed by atoms with van der Waals surface area (Å²) in [5.41, 5.74) is 5.07. The van der Waals surface area contributed by atoms with Gasteiger partial charge in [-0.3, -0.25) is 4.99 Å². The van der Waals surface area contributed by atoms with Crippen LogP contribution in [0.15, 0.2) is 27.7 Å². The Bertz CT molecular complexity index is 707. The number of aliphatic hydroxyl groups excluding tert-OH is 1. The summed E-state index contributed by atoms with van der Waals surface area (Å²) in [4.78, 5) is 4.63. The van der Waals surface area contributed by atoms with Gasteiger partial charge in [0.25, 0.3) is 0 Å². The Labute approximate surface area is 132 Å². The van der Waals surface area contributed by atoms with E-state index in [0.29, 0.717) is 13.1 Å². The van der Waals surface area contributed by atoms with Crippen LogP contribution in [0.3, 0.4) is 0 Å². The average Bonchev–Trinajstić information content (AvgIpc) is 2.62. The van der Waals surface area contributed by atoms with Crippen LogP contribution < -0.4 is 0 Å². The summed E-state index contributed by atoms with van der Waals surface area (Å²) in [5, 5.41) is 11.4. The maximum absolute atomic E-state index is 10.1. The highest BCUT2D eigenvalue weighted by Crippen LogP contribution is 2.37. The summed E-state index contributed by atoms with van der Waals surface area (Å²) in [6.45, 7) is 1.17. The number of rotatable bonds is 0. The van der Waals surface area contributed by atoms with E-state index in [1.165, 1.54) is 27.9 Å². The van der Waals surface area contributed by atoms with E-state index in [0.717, 1.165) is 23.7 Å². The van der Waals surface area contributed by atoms with Crippen molar-refractivity contribution in [1.29, 1.82) is 0 Å². The van der Waals surface area contributed by atoms with Crippen molar-refractivity contribution in [3.05, 3.63) is 33.9 Å².